The Hall–Kier alpha value is 0.530. The van der Waals surface area contributed by atoms with Gasteiger partial charge in [-0.15, -0.1) is 0 Å². The Labute approximate surface area is 42.3 Å². The van der Waals surface area contributed by atoms with E-state index in [2.05, 4.69) is 12.2 Å². The van der Waals surface area contributed by atoms with E-state index in [1.54, 1.807) is 0 Å². The Bertz CT molecular complexity index is 41.6. The van der Waals surface area contributed by atoms with Crippen LogP contribution in [-0.2, 0) is 0 Å². The zero-order valence-corrected chi connectivity index (χ0v) is 5.92. The number of hydrogen-bond donors (Lipinski definition) is 0. The Kier molecular flexibility index (Phi) is 1.37. The van der Waals surface area contributed by atoms with E-state index in [0.717, 1.165) is 0 Å². The molecule has 0 atom stereocenters. The zero-order valence-electron chi connectivity index (χ0n) is 3.07. The Morgan fingerprint density at radius 2 is 1.80 bits per heavy atom. The van der Waals surface area contributed by atoms with E-state index in [4.69, 9.17) is 0 Å². The molecule has 1 aliphatic rings. The Morgan fingerprint density at radius 3 is 2.00 bits per heavy atom. The molecule has 1 heteroatoms. The molecule has 0 aliphatic carbocycles. The van der Waals surface area contributed by atoms with Crippen molar-refractivity contribution in [1.29, 1.82) is 0 Å². The minimum atomic E-state index is 0.218. The maximum absolute atomic E-state index is 2.31. The first-order chi connectivity index (χ1) is 2.50. The molecule has 0 N–H and O–H groups in total. The fourth-order valence-electron chi connectivity index (χ4n) is 0.417. The van der Waals surface area contributed by atoms with Crippen molar-refractivity contribution in [3.63, 3.8) is 0 Å². The van der Waals surface area contributed by atoms with Crippen LogP contribution in [-0.4, -0.2) is 20.9 Å². The van der Waals surface area contributed by atoms with Crippen molar-refractivity contribution < 1.29 is 0 Å². The SMILES string of the molecule is C1=CC[TeH2]C1. The van der Waals surface area contributed by atoms with Crippen LogP contribution in [0.2, 0.25) is 8.94 Å². The zero-order chi connectivity index (χ0) is 3.54. The maximum atomic E-state index is 2.31. The third-order valence-corrected chi connectivity index (χ3v) is 3.68. The molecule has 1 heterocycles. The van der Waals surface area contributed by atoms with Gasteiger partial charge in [0.05, 0.1) is 0 Å². The van der Waals surface area contributed by atoms with Crippen molar-refractivity contribution in [3.05, 3.63) is 12.2 Å². The molecular weight excluding hydrogens is 176 g/mol. The van der Waals surface area contributed by atoms with Gasteiger partial charge in [-0.3, -0.25) is 0 Å². The van der Waals surface area contributed by atoms with Crippen molar-refractivity contribution in [1.82, 2.24) is 0 Å². The third-order valence-electron chi connectivity index (χ3n) is 0.691. The van der Waals surface area contributed by atoms with Crippen LogP contribution >= 0.6 is 0 Å². The van der Waals surface area contributed by atoms with Crippen molar-refractivity contribution in [2.75, 3.05) is 0 Å². The van der Waals surface area contributed by atoms with Crippen LogP contribution in [0, 0.1) is 0 Å². The molecule has 0 saturated carbocycles. The summed E-state index contributed by atoms with van der Waals surface area (Å²) in [6, 6.07) is 0. The second-order valence-electron chi connectivity index (χ2n) is 1.13. The number of allylic oxidation sites excluding steroid dienone is 2. The summed E-state index contributed by atoms with van der Waals surface area (Å²) < 4.78 is 2.98. The normalized spacial score (nSPS) is 22.4. The van der Waals surface area contributed by atoms with Gasteiger partial charge in [0.1, 0.15) is 0 Å². The van der Waals surface area contributed by atoms with E-state index < -0.39 is 0 Å². The van der Waals surface area contributed by atoms with Crippen molar-refractivity contribution in [2.45, 2.75) is 8.94 Å². The fourth-order valence-corrected chi connectivity index (χ4v) is 2.80. The van der Waals surface area contributed by atoms with E-state index in [1.165, 1.54) is 8.94 Å². The van der Waals surface area contributed by atoms with Crippen LogP contribution in [0.15, 0.2) is 12.2 Å². The molecule has 0 nitrogen and oxygen atoms in total. The first kappa shape index (κ1) is 3.71. The summed E-state index contributed by atoms with van der Waals surface area (Å²) in [7, 11) is 0. The molecule has 0 unspecified atom stereocenters. The average molecular weight is 184 g/mol. The van der Waals surface area contributed by atoms with Crippen LogP contribution < -0.4 is 0 Å². The van der Waals surface area contributed by atoms with Crippen molar-refractivity contribution in [2.24, 2.45) is 0 Å². The summed E-state index contributed by atoms with van der Waals surface area (Å²) in [6.07, 6.45) is 4.62. The standard InChI is InChI=1S/C4H8Te/c1-2-4-5-3-1/h1-2H,3-5H2. The van der Waals surface area contributed by atoms with Crippen molar-refractivity contribution >= 4 is 20.9 Å². The topological polar surface area (TPSA) is 0 Å². The molecule has 0 saturated heterocycles. The quantitative estimate of drug-likeness (QED) is 0.381. The summed E-state index contributed by atoms with van der Waals surface area (Å²) in [5.74, 6) is 0. The van der Waals surface area contributed by atoms with E-state index in [9.17, 15) is 0 Å². The van der Waals surface area contributed by atoms with Gasteiger partial charge in [-0.25, -0.2) is 0 Å². The number of hydrogen-bond acceptors (Lipinski definition) is 0. The van der Waals surface area contributed by atoms with Gasteiger partial charge in [0.15, 0.2) is 0 Å². The van der Waals surface area contributed by atoms with Crippen LogP contribution in [0.3, 0.4) is 0 Å². The number of rotatable bonds is 0. The van der Waals surface area contributed by atoms with Gasteiger partial charge in [0.2, 0.25) is 0 Å². The summed E-state index contributed by atoms with van der Waals surface area (Å²) in [5, 5.41) is 0. The summed E-state index contributed by atoms with van der Waals surface area (Å²) in [6.45, 7) is 0. The third kappa shape index (κ3) is 0.948. The molecule has 0 radical (unpaired) electrons. The van der Waals surface area contributed by atoms with Gasteiger partial charge in [0.25, 0.3) is 0 Å². The van der Waals surface area contributed by atoms with Gasteiger partial charge >= 0.3 is 42.0 Å². The van der Waals surface area contributed by atoms with Gasteiger partial charge in [-0.2, -0.15) is 0 Å². The van der Waals surface area contributed by atoms with Crippen LogP contribution in [0.5, 0.6) is 0 Å². The molecule has 0 bridgehead atoms. The van der Waals surface area contributed by atoms with E-state index in [-0.39, 0.29) is 20.9 Å². The molecule has 0 spiro atoms. The summed E-state index contributed by atoms with van der Waals surface area (Å²) in [5.41, 5.74) is 0. The Morgan fingerprint density at radius 1 is 1.20 bits per heavy atom. The average Bonchev–Trinajstić information content (AvgIpc) is 1.76. The van der Waals surface area contributed by atoms with E-state index in [0.29, 0.717) is 0 Å². The molecule has 5 heavy (non-hydrogen) atoms. The van der Waals surface area contributed by atoms with Crippen LogP contribution in [0.1, 0.15) is 0 Å². The predicted octanol–water partition coefficient (Wildman–Crippen LogP) is 0.562. The molecule has 0 fully saturated rings. The molecule has 0 amide bonds. The van der Waals surface area contributed by atoms with Crippen LogP contribution in [0.4, 0.5) is 0 Å². The van der Waals surface area contributed by atoms with Gasteiger partial charge < -0.3 is 0 Å². The first-order valence-electron chi connectivity index (χ1n) is 1.86. The van der Waals surface area contributed by atoms with Crippen molar-refractivity contribution in [3.8, 4) is 0 Å². The molecule has 0 aromatic heterocycles. The van der Waals surface area contributed by atoms with E-state index in [1.807, 2.05) is 0 Å². The summed E-state index contributed by atoms with van der Waals surface area (Å²) in [4.78, 5) is 0. The molecular formula is C4H8Te. The first-order valence-corrected chi connectivity index (χ1v) is 5.89. The second kappa shape index (κ2) is 1.85. The Balaban J connectivity index is 2.32. The fraction of sp³-hybridized carbons (Fsp3) is 0.500. The molecule has 30 valence electrons. The van der Waals surface area contributed by atoms with Gasteiger partial charge in [-0.05, 0) is 0 Å². The second-order valence-corrected chi connectivity index (χ2v) is 4.89. The molecule has 1 rings (SSSR count). The molecule has 1 aliphatic heterocycles. The molecule has 0 aromatic rings. The predicted molar refractivity (Wildman–Crippen MR) is 27.3 cm³/mol. The van der Waals surface area contributed by atoms with Crippen LogP contribution in [0.25, 0.3) is 0 Å². The summed E-state index contributed by atoms with van der Waals surface area (Å²) >= 11 is 0.218. The van der Waals surface area contributed by atoms with Gasteiger partial charge in [0, 0.05) is 0 Å². The monoisotopic (exact) mass is 186 g/mol. The van der Waals surface area contributed by atoms with Gasteiger partial charge in [-0.1, -0.05) is 0 Å². The van der Waals surface area contributed by atoms with E-state index >= 15 is 0 Å². The minimum absolute atomic E-state index is 0.218. The molecule has 0 aromatic carbocycles.